The lowest BCUT2D eigenvalue weighted by Gasteiger charge is -2.38. The Morgan fingerprint density at radius 2 is 1.79 bits per heavy atom. The predicted molar refractivity (Wildman–Crippen MR) is 114 cm³/mol. The Morgan fingerprint density at radius 1 is 1.11 bits per heavy atom. The Hall–Kier alpha value is -2.37. The maximum atomic E-state index is 12.9. The summed E-state index contributed by atoms with van der Waals surface area (Å²) in [6.07, 6.45) is 0. The highest BCUT2D eigenvalue weighted by atomic mass is 16.5. The molecule has 5 nitrogen and oxygen atoms in total. The minimum absolute atomic E-state index is 0.124. The van der Waals surface area contributed by atoms with E-state index in [9.17, 15) is 4.79 Å². The van der Waals surface area contributed by atoms with Gasteiger partial charge in [0.15, 0.2) is 0 Å². The molecular formula is C23H31N3O2. The van der Waals surface area contributed by atoms with Crippen molar-refractivity contribution < 1.29 is 9.53 Å². The van der Waals surface area contributed by atoms with E-state index in [4.69, 9.17) is 4.74 Å². The molecule has 5 heteroatoms. The van der Waals surface area contributed by atoms with Gasteiger partial charge >= 0.3 is 0 Å². The lowest BCUT2D eigenvalue weighted by Crippen LogP contribution is -2.53. The van der Waals surface area contributed by atoms with E-state index in [0.717, 1.165) is 44.2 Å². The second kappa shape index (κ2) is 9.22. The molecule has 28 heavy (non-hydrogen) atoms. The second-order valence-corrected chi connectivity index (χ2v) is 7.54. The van der Waals surface area contributed by atoms with E-state index in [1.54, 1.807) is 12.0 Å². The van der Waals surface area contributed by atoms with Crippen molar-refractivity contribution in [2.24, 2.45) is 0 Å². The minimum atomic E-state index is -0.124. The molecule has 2 aromatic carbocycles. The number of amides is 1. The largest absolute Gasteiger partial charge is 0.496 e. The van der Waals surface area contributed by atoms with Crippen molar-refractivity contribution in [2.75, 3.05) is 45.2 Å². The number of nitrogens with zero attached hydrogens (tertiary/aromatic N) is 3. The molecule has 1 fully saturated rings. The third kappa shape index (κ3) is 4.72. The van der Waals surface area contributed by atoms with Crippen LogP contribution in [0.15, 0.2) is 48.5 Å². The van der Waals surface area contributed by atoms with Gasteiger partial charge in [-0.3, -0.25) is 14.6 Å². The van der Waals surface area contributed by atoms with Crippen LogP contribution in [0.1, 0.15) is 18.1 Å². The first-order valence-electron chi connectivity index (χ1n) is 9.92. The SMILES string of the molecule is COc1ccc(C)cc1CN1CCN([C@@H](C)C(=O)N(C)c2ccccc2)CC1. The summed E-state index contributed by atoms with van der Waals surface area (Å²) >= 11 is 0. The van der Waals surface area contributed by atoms with Gasteiger partial charge in [0, 0.05) is 51.0 Å². The van der Waals surface area contributed by atoms with Gasteiger partial charge in [-0.2, -0.15) is 0 Å². The molecule has 2 aromatic rings. The predicted octanol–water partition coefficient (Wildman–Crippen LogP) is 3.17. The lowest BCUT2D eigenvalue weighted by molar-refractivity contribution is -0.123. The Balaban J connectivity index is 1.56. The molecule has 1 aliphatic rings. The number of anilines is 1. The Labute approximate surface area is 168 Å². The van der Waals surface area contributed by atoms with Crippen LogP contribution in [0.25, 0.3) is 0 Å². The molecule has 0 aromatic heterocycles. The zero-order chi connectivity index (χ0) is 20.1. The number of para-hydroxylation sites is 1. The fourth-order valence-electron chi connectivity index (χ4n) is 3.80. The van der Waals surface area contributed by atoms with E-state index < -0.39 is 0 Å². The van der Waals surface area contributed by atoms with Gasteiger partial charge in [-0.05, 0) is 32.0 Å². The Bertz CT molecular complexity index is 786. The lowest BCUT2D eigenvalue weighted by atomic mass is 10.1. The summed E-state index contributed by atoms with van der Waals surface area (Å²) in [7, 11) is 3.58. The van der Waals surface area contributed by atoms with E-state index in [0.29, 0.717) is 0 Å². The number of carbonyl (C=O) groups excluding carboxylic acids is 1. The van der Waals surface area contributed by atoms with Crippen molar-refractivity contribution >= 4 is 11.6 Å². The first-order chi connectivity index (χ1) is 13.5. The van der Waals surface area contributed by atoms with Crippen molar-refractivity contribution in [2.45, 2.75) is 26.4 Å². The molecule has 1 saturated heterocycles. The van der Waals surface area contributed by atoms with Crippen LogP contribution in [-0.4, -0.2) is 62.1 Å². The highest BCUT2D eigenvalue weighted by molar-refractivity contribution is 5.96. The molecular weight excluding hydrogens is 350 g/mol. The smallest absolute Gasteiger partial charge is 0.243 e. The quantitative estimate of drug-likeness (QED) is 0.770. The highest BCUT2D eigenvalue weighted by Gasteiger charge is 2.28. The Morgan fingerprint density at radius 3 is 2.43 bits per heavy atom. The highest BCUT2D eigenvalue weighted by Crippen LogP contribution is 2.22. The van der Waals surface area contributed by atoms with Crippen LogP contribution in [0, 0.1) is 6.92 Å². The zero-order valence-corrected chi connectivity index (χ0v) is 17.4. The average Bonchev–Trinajstić information content (AvgIpc) is 2.73. The van der Waals surface area contributed by atoms with Crippen molar-refractivity contribution in [1.82, 2.24) is 9.80 Å². The third-order valence-corrected chi connectivity index (χ3v) is 5.62. The van der Waals surface area contributed by atoms with E-state index in [2.05, 4.69) is 28.9 Å². The molecule has 1 amide bonds. The standard InChI is InChI=1S/C23H31N3O2/c1-18-10-11-22(28-4)20(16-18)17-25-12-14-26(15-13-25)19(2)23(27)24(3)21-8-6-5-7-9-21/h5-11,16,19H,12-15,17H2,1-4H3/t19-/m0/s1. The summed E-state index contributed by atoms with van der Waals surface area (Å²) < 4.78 is 5.51. The number of hydrogen-bond acceptors (Lipinski definition) is 4. The topological polar surface area (TPSA) is 36.0 Å². The van der Waals surface area contributed by atoms with Crippen LogP contribution in [0.5, 0.6) is 5.75 Å². The number of benzene rings is 2. The molecule has 1 heterocycles. The fourth-order valence-corrected chi connectivity index (χ4v) is 3.80. The van der Waals surface area contributed by atoms with Crippen molar-refractivity contribution in [3.8, 4) is 5.75 Å². The Kier molecular flexibility index (Phi) is 6.70. The molecule has 0 aliphatic carbocycles. The van der Waals surface area contributed by atoms with E-state index >= 15 is 0 Å². The number of piperazine rings is 1. The van der Waals surface area contributed by atoms with Gasteiger partial charge in [0.1, 0.15) is 5.75 Å². The van der Waals surface area contributed by atoms with Gasteiger partial charge in [0.05, 0.1) is 13.2 Å². The van der Waals surface area contributed by atoms with Crippen molar-refractivity contribution in [1.29, 1.82) is 0 Å². The number of likely N-dealkylation sites (N-methyl/N-ethyl adjacent to an activating group) is 1. The van der Waals surface area contributed by atoms with E-state index in [-0.39, 0.29) is 11.9 Å². The molecule has 0 saturated carbocycles. The maximum Gasteiger partial charge on any atom is 0.243 e. The van der Waals surface area contributed by atoms with Crippen LogP contribution < -0.4 is 9.64 Å². The van der Waals surface area contributed by atoms with Crippen LogP contribution in [0.2, 0.25) is 0 Å². The zero-order valence-electron chi connectivity index (χ0n) is 17.4. The fraction of sp³-hybridized carbons (Fsp3) is 0.435. The van der Waals surface area contributed by atoms with Crippen LogP contribution >= 0.6 is 0 Å². The molecule has 1 atom stereocenters. The maximum absolute atomic E-state index is 12.9. The van der Waals surface area contributed by atoms with E-state index in [1.807, 2.05) is 50.4 Å². The summed E-state index contributed by atoms with van der Waals surface area (Å²) in [6.45, 7) is 8.68. The van der Waals surface area contributed by atoms with Gasteiger partial charge in [-0.15, -0.1) is 0 Å². The van der Waals surface area contributed by atoms with Gasteiger partial charge < -0.3 is 9.64 Å². The molecule has 0 radical (unpaired) electrons. The monoisotopic (exact) mass is 381 g/mol. The third-order valence-electron chi connectivity index (χ3n) is 5.62. The summed E-state index contributed by atoms with van der Waals surface area (Å²) in [5.41, 5.74) is 3.41. The number of ether oxygens (including phenoxy) is 1. The molecule has 0 N–H and O–H groups in total. The minimum Gasteiger partial charge on any atom is -0.496 e. The summed E-state index contributed by atoms with van der Waals surface area (Å²) in [5.74, 6) is 1.08. The average molecular weight is 382 g/mol. The van der Waals surface area contributed by atoms with Crippen LogP contribution in [0.3, 0.4) is 0 Å². The second-order valence-electron chi connectivity index (χ2n) is 7.54. The van der Waals surface area contributed by atoms with Gasteiger partial charge in [0.25, 0.3) is 0 Å². The van der Waals surface area contributed by atoms with Crippen molar-refractivity contribution in [3.63, 3.8) is 0 Å². The number of carbonyl (C=O) groups is 1. The first kappa shape index (κ1) is 20.4. The van der Waals surface area contributed by atoms with Gasteiger partial charge in [-0.1, -0.05) is 35.9 Å². The van der Waals surface area contributed by atoms with E-state index in [1.165, 1.54) is 11.1 Å². The molecule has 0 spiro atoms. The van der Waals surface area contributed by atoms with Gasteiger partial charge in [-0.25, -0.2) is 0 Å². The number of hydrogen-bond donors (Lipinski definition) is 0. The number of aryl methyl sites for hydroxylation is 1. The number of rotatable bonds is 6. The normalized spacial score (nSPS) is 16.6. The molecule has 0 unspecified atom stereocenters. The molecule has 0 bridgehead atoms. The molecule has 150 valence electrons. The van der Waals surface area contributed by atoms with Gasteiger partial charge in [0.2, 0.25) is 5.91 Å². The summed E-state index contributed by atoms with van der Waals surface area (Å²) in [4.78, 5) is 19.4. The summed E-state index contributed by atoms with van der Waals surface area (Å²) in [6, 6.07) is 16.0. The van der Waals surface area contributed by atoms with Crippen LogP contribution in [0.4, 0.5) is 5.69 Å². The number of methoxy groups -OCH3 is 1. The van der Waals surface area contributed by atoms with Crippen molar-refractivity contribution in [3.05, 3.63) is 59.7 Å². The molecule has 1 aliphatic heterocycles. The first-order valence-corrected chi connectivity index (χ1v) is 9.92. The summed E-state index contributed by atoms with van der Waals surface area (Å²) in [5, 5.41) is 0. The van der Waals surface area contributed by atoms with Crippen LogP contribution in [-0.2, 0) is 11.3 Å². The molecule has 3 rings (SSSR count).